The predicted molar refractivity (Wildman–Crippen MR) is 95.3 cm³/mol. The number of hydrogen-bond donors (Lipinski definition) is 2. The molecule has 0 fully saturated rings. The summed E-state index contributed by atoms with van der Waals surface area (Å²) < 4.78 is 24.9. The zero-order valence-electron chi connectivity index (χ0n) is 13.8. The molecule has 134 valence electrons. The van der Waals surface area contributed by atoms with E-state index < -0.39 is 5.82 Å². The van der Waals surface area contributed by atoms with Gasteiger partial charge >= 0.3 is 0 Å². The molecule has 8 nitrogen and oxygen atoms in total. The molecule has 10 heteroatoms. The summed E-state index contributed by atoms with van der Waals surface area (Å²) in [6.45, 7) is 0. The zero-order chi connectivity index (χ0) is 18.7. The fourth-order valence-corrected chi connectivity index (χ4v) is 2.51. The van der Waals surface area contributed by atoms with E-state index in [1.165, 1.54) is 39.1 Å². The second kappa shape index (κ2) is 7.36. The van der Waals surface area contributed by atoms with Gasteiger partial charge in [0.05, 0.1) is 25.5 Å². The SMILES string of the molecule is COc1cc(OC)c(Cl)c(Nc2ncncc2-c2cc(N)ncn2)c1F. The van der Waals surface area contributed by atoms with Gasteiger partial charge in [-0.2, -0.15) is 0 Å². The average Bonchev–Trinajstić information content (AvgIpc) is 2.66. The number of halogens is 2. The second-order valence-electron chi connectivity index (χ2n) is 5.02. The van der Waals surface area contributed by atoms with Gasteiger partial charge in [0.25, 0.3) is 0 Å². The molecule has 1 aromatic carbocycles. The summed E-state index contributed by atoms with van der Waals surface area (Å²) in [5, 5.41) is 2.90. The fraction of sp³-hybridized carbons (Fsp3) is 0.125. The highest BCUT2D eigenvalue weighted by molar-refractivity contribution is 6.35. The van der Waals surface area contributed by atoms with Crippen molar-refractivity contribution in [3.05, 3.63) is 41.8 Å². The van der Waals surface area contributed by atoms with Crippen LogP contribution in [0.4, 0.5) is 21.7 Å². The highest BCUT2D eigenvalue weighted by Crippen LogP contribution is 2.41. The standard InChI is InChI=1S/C16H14ClFN6O2/c1-25-10-4-11(26-2)14(18)15(13(10)17)24-16-8(5-20-6-23-16)9-3-12(19)22-7-21-9/h3-7H,1-2H3,(H2,19,21,22)(H,20,23,24). The van der Waals surface area contributed by atoms with Crippen molar-refractivity contribution in [2.75, 3.05) is 25.3 Å². The maximum atomic E-state index is 14.7. The Labute approximate surface area is 153 Å². The molecule has 2 aromatic heterocycles. The Bertz CT molecular complexity index is 928. The van der Waals surface area contributed by atoms with Gasteiger partial charge in [-0.25, -0.2) is 24.3 Å². The molecular weight excluding hydrogens is 363 g/mol. The number of ether oxygens (including phenoxy) is 2. The molecule has 0 aliphatic heterocycles. The van der Waals surface area contributed by atoms with Crippen LogP contribution in [-0.2, 0) is 0 Å². The summed E-state index contributed by atoms with van der Waals surface area (Å²) in [6.07, 6.45) is 4.13. The molecule has 0 unspecified atom stereocenters. The van der Waals surface area contributed by atoms with Crippen LogP contribution in [0.2, 0.25) is 5.02 Å². The van der Waals surface area contributed by atoms with E-state index in [0.717, 1.165) is 0 Å². The van der Waals surface area contributed by atoms with Crippen LogP contribution < -0.4 is 20.5 Å². The molecule has 0 saturated heterocycles. The van der Waals surface area contributed by atoms with Gasteiger partial charge in [-0.05, 0) is 0 Å². The monoisotopic (exact) mass is 376 g/mol. The average molecular weight is 377 g/mol. The number of nitrogens with two attached hydrogens (primary N) is 1. The van der Waals surface area contributed by atoms with Crippen LogP contribution in [0.25, 0.3) is 11.3 Å². The van der Waals surface area contributed by atoms with Crippen molar-refractivity contribution in [3.63, 3.8) is 0 Å². The number of anilines is 3. The van der Waals surface area contributed by atoms with Crippen molar-refractivity contribution in [1.82, 2.24) is 19.9 Å². The van der Waals surface area contributed by atoms with Crippen molar-refractivity contribution >= 4 is 28.9 Å². The van der Waals surface area contributed by atoms with Gasteiger partial charge in [0, 0.05) is 18.3 Å². The van der Waals surface area contributed by atoms with Crippen LogP contribution in [-0.4, -0.2) is 34.2 Å². The van der Waals surface area contributed by atoms with Crippen LogP contribution in [0.1, 0.15) is 0 Å². The Balaban J connectivity index is 2.11. The van der Waals surface area contributed by atoms with Crippen LogP contribution >= 0.6 is 11.6 Å². The smallest absolute Gasteiger partial charge is 0.190 e. The number of nitrogens with zero attached hydrogens (tertiary/aromatic N) is 4. The molecule has 2 heterocycles. The van der Waals surface area contributed by atoms with Crippen molar-refractivity contribution in [1.29, 1.82) is 0 Å². The van der Waals surface area contributed by atoms with E-state index in [-0.39, 0.29) is 33.8 Å². The Hall–Kier alpha value is -3.20. The maximum Gasteiger partial charge on any atom is 0.190 e. The van der Waals surface area contributed by atoms with Crippen LogP contribution in [0.3, 0.4) is 0 Å². The van der Waals surface area contributed by atoms with Gasteiger partial charge in [-0.3, -0.25) is 0 Å². The lowest BCUT2D eigenvalue weighted by molar-refractivity contribution is 0.375. The minimum absolute atomic E-state index is 0.0318. The number of nitrogen functional groups attached to an aromatic ring is 1. The topological polar surface area (TPSA) is 108 Å². The lowest BCUT2D eigenvalue weighted by atomic mass is 10.2. The molecule has 0 spiro atoms. The van der Waals surface area contributed by atoms with Crippen LogP contribution in [0.15, 0.2) is 31.0 Å². The Morgan fingerprint density at radius 1 is 1.08 bits per heavy atom. The van der Waals surface area contributed by atoms with E-state index in [0.29, 0.717) is 11.3 Å². The molecule has 0 aliphatic rings. The lowest BCUT2D eigenvalue weighted by Crippen LogP contribution is -2.04. The lowest BCUT2D eigenvalue weighted by Gasteiger charge is -2.16. The summed E-state index contributed by atoms with van der Waals surface area (Å²) >= 11 is 6.24. The molecule has 0 amide bonds. The molecule has 3 N–H and O–H groups in total. The molecule has 3 rings (SSSR count). The zero-order valence-corrected chi connectivity index (χ0v) is 14.6. The van der Waals surface area contributed by atoms with Gasteiger partial charge in [0.2, 0.25) is 0 Å². The number of aromatic nitrogens is 4. The Morgan fingerprint density at radius 2 is 1.85 bits per heavy atom. The maximum absolute atomic E-state index is 14.7. The highest BCUT2D eigenvalue weighted by Gasteiger charge is 2.20. The first kappa shape index (κ1) is 17.6. The quantitative estimate of drug-likeness (QED) is 0.699. The first-order valence-corrected chi connectivity index (χ1v) is 7.67. The first-order valence-electron chi connectivity index (χ1n) is 7.30. The number of methoxy groups -OCH3 is 2. The van der Waals surface area contributed by atoms with Gasteiger partial charge in [-0.15, -0.1) is 0 Å². The van der Waals surface area contributed by atoms with Crippen LogP contribution in [0, 0.1) is 5.82 Å². The first-order chi connectivity index (χ1) is 12.5. The second-order valence-corrected chi connectivity index (χ2v) is 5.40. The van der Waals surface area contributed by atoms with E-state index in [1.807, 2.05) is 0 Å². The summed E-state index contributed by atoms with van der Waals surface area (Å²) in [6, 6.07) is 2.91. The Morgan fingerprint density at radius 3 is 2.54 bits per heavy atom. The molecule has 3 aromatic rings. The van der Waals surface area contributed by atoms with E-state index in [1.54, 1.807) is 6.07 Å². The molecule has 0 aliphatic carbocycles. The van der Waals surface area contributed by atoms with Crippen molar-refractivity contribution in [2.45, 2.75) is 0 Å². The van der Waals surface area contributed by atoms with E-state index in [2.05, 4.69) is 25.3 Å². The third kappa shape index (κ3) is 3.29. The van der Waals surface area contributed by atoms with Gasteiger partial charge < -0.3 is 20.5 Å². The van der Waals surface area contributed by atoms with Crippen LogP contribution in [0.5, 0.6) is 11.5 Å². The molecule has 0 atom stereocenters. The van der Waals surface area contributed by atoms with Gasteiger partial charge in [0.15, 0.2) is 11.6 Å². The van der Waals surface area contributed by atoms with E-state index >= 15 is 0 Å². The minimum atomic E-state index is -0.690. The van der Waals surface area contributed by atoms with Crippen molar-refractivity contribution in [3.8, 4) is 22.8 Å². The number of rotatable bonds is 5. The van der Waals surface area contributed by atoms with Crippen molar-refractivity contribution < 1.29 is 13.9 Å². The molecule has 0 bridgehead atoms. The third-order valence-corrected chi connectivity index (χ3v) is 3.87. The van der Waals surface area contributed by atoms with Gasteiger partial charge in [0.1, 0.15) is 40.7 Å². The number of benzene rings is 1. The van der Waals surface area contributed by atoms with Crippen molar-refractivity contribution in [2.24, 2.45) is 0 Å². The molecular formula is C16H14ClFN6O2. The third-order valence-electron chi connectivity index (χ3n) is 3.49. The largest absolute Gasteiger partial charge is 0.495 e. The van der Waals surface area contributed by atoms with E-state index in [4.69, 9.17) is 26.8 Å². The highest BCUT2D eigenvalue weighted by atomic mass is 35.5. The molecule has 26 heavy (non-hydrogen) atoms. The van der Waals surface area contributed by atoms with Gasteiger partial charge in [-0.1, -0.05) is 11.6 Å². The fourth-order valence-electron chi connectivity index (χ4n) is 2.25. The molecule has 0 saturated carbocycles. The summed E-state index contributed by atoms with van der Waals surface area (Å²) in [7, 11) is 2.76. The Kier molecular flexibility index (Phi) is 4.99. The molecule has 0 radical (unpaired) electrons. The summed E-state index contributed by atoms with van der Waals surface area (Å²) in [4.78, 5) is 16.1. The summed E-state index contributed by atoms with van der Waals surface area (Å²) in [5.74, 6) is 0.0706. The minimum Gasteiger partial charge on any atom is -0.495 e. The number of hydrogen-bond acceptors (Lipinski definition) is 8. The predicted octanol–water partition coefficient (Wildman–Crippen LogP) is 3.07. The normalized spacial score (nSPS) is 10.5. The van der Waals surface area contributed by atoms with E-state index in [9.17, 15) is 4.39 Å². The summed E-state index contributed by atoms with van der Waals surface area (Å²) in [5.41, 5.74) is 6.59. The number of nitrogens with one attached hydrogen (secondary N) is 1.